The lowest BCUT2D eigenvalue weighted by molar-refractivity contribution is -0.121. The Balaban J connectivity index is 2.38. The van der Waals surface area contributed by atoms with Crippen molar-refractivity contribution in [3.8, 4) is 5.75 Å². The van der Waals surface area contributed by atoms with E-state index < -0.39 is 12.0 Å². The number of carbonyl (C=O) groups excluding carboxylic acids is 2. The molecule has 0 aromatic heterocycles. The minimum atomic E-state index is -0.892. The molecule has 0 aliphatic rings. The molecule has 0 saturated heterocycles. The Labute approximate surface area is 104 Å². The predicted molar refractivity (Wildman–Crippen MR) is 64.1 cm³/mol. The van der Waals surface area contributed by atoms with E-state index in [0.29, 0.717) is 5.75 Å². The number of methoxy groups -OCH3 is 1. The van der Waals surface area contributed by atoms with Crippen molar-refractivity contribution in [3.05, 3.63) is 30.3 Å². The van der Waals surface area contributed by atoms with E-state index in [-0.39, 0.29) is 12.6 Å². The first-order valence-corrected chi connectivity index (χ1v) is 5.01. The first kappa shape index (κ1) is 13.5. The van der Waals surface area contributed by atoms with Crippen LogP contribution in [0.5, 0.6) is 5.75 Å². The highest BCUT2D eigenvalue weighted by molar-refractivity contribution is 6.00. The second-order valence-corrected chi connectivity index (χ2v) is 3.12. The van der Waals surface area contributed by atoms with Gasteiger partial charge < -0.3 is 15.2 Å². The summed E-state index contributed by atoms with van der Waals surface area (Å²) < 4.78 is 9.40. The lowest BCUT2D eigenvalue weighted by atomic mass is 10.3. The molecule has 18 heavy (non-hydrogen) atoms. The molecule has 1 aromatic rings. The van der Waals surface area contributed by atoms with Gasteiger partial charge in [0.1, 0.15) is 5.75 Å². The summed E-state index contributed by atoms with van der Waals surface area (Å²) >= 11 is 0. The molecular weight excluding hydrogens is 238 g/mol. The molecule has 0 radical (unpaired) electrons. The van der Waals surface area contributed by atoms with E-state index in [1.54, 1.807) is 24.3 Å². The predicted octanol–water partition coefficient (Wildman–Crippen LogP) is 0.263. The number of aliphatic imine (C=N–C) groups is 1. The lowest BCUT2D eigenvalue weighted by Crippen LogP contribution is -2.40. The van der Waals surface area contributed by atoms with Crippen LogP contribution in [-0.4, -0.2) is 31.7 Å². The maximum absolute atomic E-state index is 11.3. The highest BCUT2D eigenvalue weighted by atomic mass is 16.5. The molecule has 3 N–H and O–H groups in total. The average Bonchev–Trinajstić information content (AvgIpc) is 2.37. The van der Waals surface area contributed by atoms with Gasteiger partial charge in [0.25, 0.3) is 5.91 Å². The summed E-state index contributed by atoms with van der Waals surface area (Å²) in [6.45, 7) is -0.235. The minimum absolute atomic E-state index is 0.235. The number of benzene rings is 1. The molecule has 0 unspecified atom stereocenters. The fraction of sp³-hybridized carbons (Fsp3) is 0.182. The zero-order chi connectivity index (χ0) is 13.4. The molecule has 1 rings (SSSR count). The van der Waals surface area contributed by atoms with Crippen molar-refractivity contribution in [1.29, 1.82) is 0 Å². The molecule has 0 heterocycles. The zero-order valence-corrected chi connectivity index (χ0v) is 9.75. The van der Waals surface area contributed by atoms with Gasteiger partial charge in [-0.05, 0) is 12.1 Å². The molecule has 1 aromatic carbocycles. The summed E-state index contributed by atoms with van der Waals surface area (Å²) in [5, 5.41) is 2.18. The van der Waals surface area contributed by atoms with E-state index in [1.165, 1.54) is 0 Å². The van der Waals surface area contributed by atoms with Crippen molar-refractivity contribution >= 4 is 18.0 Å². The van der Waals surface area contributed by atoms with Crippen molar-refractivity contribution in [2.75, 3.05) is 13.7 Å². The van der Waals surface area contributed by atoms with Gasteiger partial charge in [-0.25, -0.2) is 4.79 Å². The van der Waals surface area contributed by atoms with E-state index >= 15 is 0 Å². The van der Waals surface area contributed by atoms with E-state index in [2.05, 4.69) is 15.0 Å². The third-order valence-corrected chi connectivity index (χ3v) is 1.77. The number of para-hydroxylation sites is 1. The van der Waals surface area contributed by atoms with Gasteiger partial charge in [0, 0.05) is 0 Å². The number of hydrogen-bond donors (Lipinski definition) is 2. The molecule has 0 saturated carbocycles. The first-order valence-electron chi connectivity index (χ1n) is 5.01. The second-order valence-electron chi connectivity index (χ2n) is 3.12. The molecule has 0 atom stereocenters. The summed E-state index contributed by atoms with van der Waals surface area (Å²) in [4.78, 5) is 25.3. The third-order valence-electron chi connectivity index (χ3n) is 1.77. The standard InChI is InChI=1S/C11H13N3O4/c1-17-11(16)14-10(12)13-9(15)7-18-8-5-3-2-4-6-8/h2-6H,7H2,1H3,(H3,12,13,14,15,16). The number of rotatable bonds is 3. The van der Waals surface area contributed by atoms with Crippen LogP contribution in [0.1, 0.15) is 0 Å². The molecule has 2 amide bonds. The maximum atomic E-state index is 11.3. The normalized spacial score (nSPS) is 10.6. The van der Waals surface area contributed by atoms with Crippen LogP contribution in [0.25, 0.3) is 0 Å². The Kier molecular flexibility index (Phi) is 5.17. The van der Waals surface area contributed by atoms with Crippen LogP contribution < -0.4 is 15.8 Å². The Morgan fingerprint density at radius 1 is 1.33 bits per heavy atom. The lowest BCUT2D eigenvalue weighted by Gasteiger charge is -2.06. The third kappa shape index (κ3) is 4.97. The Morgan fingerprint density at radius 3 is 2.61 bits per heavy atom. The van der Waals surface area contributed by atoms with Crippen LogP contribution in [0.15, 0.2) is 35.3 Å². The highest BCUT2D eigenvalue weighted by Gasteiger charge is 2.06. The van der Waals surface area contributed by atoms with Gasteiger partial charge in [-0.3, -0.25) is 10.1 Å². The summed E-state index contributed by atoms with van der Waals surface area (Å²) in [5.41, 5.74) is 5.28. The second kappa shape index (κ2) is 6.89. The van der Waals surface area contributed by atoms with Crippen molar-refractivity contribution in [1.82, 2.24) is 5.32 Å². The number of carbonyl (C=O) groups is 2. The SMILES string of the molecule is COC(=O)N=C(N)NC(=O)COc1ccccc1. The van der Waals surface area contributed by atoms with Crippen LogP contribution in [0.3, 0.4) is 0 Å². The van der Waals surface area contributed by atoms with Gasteiger partial charge in [0.2, 0.25) is 5.96 Å². The van der Waals surface area contributed by atoms with Crippen LogP contribution in [0, 0.1) is 0 Å². The summed E-state index contributed by atoms with van der Waals surface area (Å²) in [7, 11) is 1.15. The molecule has 0 spiro atoms. The van der Waals surface area contributed by atoms with E-state index in [4.69, 9.17) is 10.5 Å². The Bertz CT molecular complexity index is 445. The topological polar surface area (TPSA) is 103 Å². The molecule has 0 aliphatic heterocycles. The number of nitrogens with zero attached hydrogens (tertiary/aromatic N) is 1. The van der Waals surface area contributed by atoms with Crippen LogP contribution in [0.4, 0.5) is 4.79 Å². The van der Waals surface area contributed by atoms with Gasteiger partial charge >= 0.3 is 6.09 Å². The molecule has 7 nitrogen and oxygen atoms in total. The largest absolute Gasteiger partial charge is 0.484 e. The van der Waals surface area contributed by atoms with Gasteiger partial charge in [-0.15, -0.1) is 4.99 Å². The maximum Gasteiger partial charge on any atom is 0.436 e. The minimum Gasteiger partial charge on any atom is -0.484 e. The number of nitrogens with one attached hydrogen (secondary N) is 1. The van der Waals surface area contributed by atoms with E-state index in [0.717, 1.165) is 7.11 Å². The number of guanidine groups is 1. The zero-order valence-electron chi connectivity index (χ0n) is 9.75. The van der Waals surface area contributed by atoms with Crippen molar-refractivity contribution in [3.63, 3.8) is 0 Å². The molecule has 0 bridgehead atoms. The average molecular weight is 251 g/mol. The highest BCUT2D eigenvalue weighted by Crippen LogP contribution is 2.07. The van der Waals surface area contributed by atoms with Crippen LogP contribution in [-0.2, 0) is 9.53 Å². The van der Waals surface area contributed by atoms with Crippen molar-refractivity contribution in [2.24, 2.45) is 10.7 Å². The van der Waals surface area contributed by atoms with Crippen molar-refractivity contribution in [2.45, 2.75) is 0 Å². The molecule has 0 fully saturated rings. The quantitative estimate of drug-likeness (QED) is 0.592. The van der Waals surface area contributed by atoms with Crippen molar-refractivity contribution < 1.29 is 19.1 Å². The number of ether oxygens (including phenoxy) is 2. The van der Waals surface area contributed by atoms with E-state index in [1.807, 2.05) is 6.07 Å². The number of amides is 2. The van der Waals surface area contributed by atoms with Gasteiger partial charge in [-0.1, -0.05) is 18.2 Å². The fourth-order valence-corrected chi connectivity index (χ4v) is 1.02. The van der Waals surface area contributed by atoms with Gasteiger partial charge in [0.15, 0.2) is 6.61 Å². The van der Waals surface area contributed by atoms with Crippen LogP contribution >= 0.6 is 0 Å². The number of nitrogens with two attached hydrogens (primary N) is 1. The van der Waals surface area contributed by atoms with E-state index in [9.17, 15) is 9.59 Å². The Hall–Kier alpha value is -2.57. The summed E-state index contributed by atoms with van der Waals surface area (Å²) in [6.07, 6.45) is -0.892. The summed E-state index contributed by atoms with van der Waals surface area (Å²) in [5.74, 6) is -0.316. The summed E-state index contributed by atoms with van der Waals surface area (Å²) in [6, 6.07) is 8.80. The smallest absolute Gasteiger partial charge is 0.436 e. The van der Waals surface area contributed by atoms with Gasteiger partial charge in [-0.2, -0.15) is 0 Å². The molecule has 7 heteroatoms. The fourth-order valence-electron chi connectivity index (χ4n) is 1.02. The first-order chi connectivity index (χ1) is 8.61. The van der Waals surface area contributed by atoms with Gasteiger partial charge in [0.05, 0.1) is 7.11 Å². The molecular formula is C11H13N3O4. The number of hydrogen-bond acceptors (Lipinski definition) is 4. The van der Waals surface area contributed by atoms with Crippen LogP contribution in [0.2, 0.25) is 0 Å². The molecule has 96 valence electrons. The molecule has 0 aliphatic carbocycles. The Morgan fingerprint density at radius 2 is 2.00 bits per heavy atom. The monoisotopic (exact) mass is 251 g/mol.